The Bertz CT molecular complexity index is 998. The van der Waals surface area contributed by atoms with Crippen LogP contribution in [0.1, 0.15) is 16.7 Å². The van der Waals surface area contributed by atoms with Gasteiger partial charge in [0.1, 0.15) is 6.33 Å². The third kappa shape index (κ3) is 2.66. The van der Waals surface area contributed by atoms with Crippen molar-refractivity contribution in [1.29, 1.82) is 0 Å². The molecule has 0 saturated heterocycles. The van der Waals surface area contributed by atoms with Gasteiger partial charge in [-0.2, -0.15) is 5.10 Å². The van der Waals surface area contributed by atoms with E-state index in [-0.39, 0.29) is 20.1 Å². The third-order valence-electron chi connectivity index (χ3n) is 3.80. The maximum Gasteiger partial charge on any atom is 0.170 e. The quantitative estimate of drug-likeness (QED) is 0.399. The summed E-state index contributed by atoms with van der Waals surface area (Å²) < 4.78 is 7.12. The molecule has 0 N–H and O–H groups in total. The summed E-state index contributed by atoms with van der Waals surface area (Å²) in [4.78, 5) is 8.29. The number of aryl methyl sites for hydroxylation is 3. The van der Waals surface area contributed by atoms with Crippen molar-refractivity contribution in [2.24, 2.45) is 0 Å². The zero-order valence-corrected chi connectivity index (χ0v) is 15.8. The summed E-state index contributed by atoms with van der Waals surface area (Å²) in [6, 6.07) is 6.15. The molecule has 0 aliphatic heterocycles. The van der Waals surface area contributed by atoms with Crippen molar-refractivity contribution in [2.45, 2.75) is 20.8 Å². The van der Waals surface area contributed by atoms with Gasteiger partial charge in [-0.3, -0.25) is 0 Å². The number of hydrogen-bond donors (Lipinski definition) is 0. The van der Waals surface area contributed by atoms with Crippen LogP contribution in [0.15, 0.2) is 35.3 Å². The van der Waals surface area contributed by atoms with E-state index in [1.54, 1.807) is 6.33 Å². The second-order valence-electron chi connectivity index (χ2n) is 5.60. The van der Waals surface area contributed by atoms with Crippen molar-refractivity contribution in [3.63, 3.8) is 0 Å². The minimum atomic E-state index is 0. The van der Waals surface area contributed by atoms with E-state index in [1.807, 2.05) is 10.6 Å². The van der Waals surface area contributed by atoms with E-state index in [2.05, 4.69) is 59.3 Å². The zero-order chi connectivity index (χ0) is 16.0. The number of rotatable bonds is 2. The SMILES string of the molecule is Cc1cc(C)c(-n2cnnc2-c2[c-]nc3ocnc3c2)c(C)c1.[Ir]. The van der Waals surface area contributed by atoms with E-state index >= 15 is 0 Å². The van der Waals surface area contributed by atoms with Crippen molar-refractivity contribution in [3.05, 3.63) is 53.8 Å². The molecule has 0 aliphatic carbocycles. The number of fused-ring (bicyclic) bond motifs is 1. The molecule has 0 amide bonds. The molecule has 0 saturated carbocycles. The predicted octanol–water partition coefficient (Wildman–Crippen LogP) is 3.19. The van der Waals surface area contributed by atoms with Crippen LogP contribution in [-0.4, -0.2) is 24.7 Å². The van der Waals surface area contributed by atoms with Crippen LogP contribution in [0.3, 0.4) is 0 Å². The fraction of sp³-hybridized carbons (Fsp3) is 0.176. The number of benzene rings is 1. The Balaban J connectivity index is 0.00000169. The molecule has 24 heavy (non-hydrogen) atoms. The van der Waals surface area contributed by atoms with Crippen molar-refractivity contribution in [1.82, 2.24) is 24.7 Å². The maximum absolute atomic E-state index is 5.16. The minimum absolute atomic E-state index is 0. The molecule has 0 atom stereocenters. The third-order valence-corrected chi connectivity index (χ3v) is 3.80. The molecule has 3 aromatic heterocycles. The molecular formula is C17H14IrN5O-. The van der Waals surface area contributed by atoms with Gasteiger partial charge in [0.2, 0.25) is 0 Å². The van der Waals surface area contributed by atoms with E-state index < -0.39 is 0 Å². The van der Waals surface area contributed by atoms with Crippen molar-refractivity contribution >= 4 is 11.2 Å². The summed E-state index contributed by atoms with van der Waals surface area (Å²) >= 11 is 0. The molecule has 4 aromatic rings. The number of aromatic nitrogens is 5. The standard InChI is InChI=1S/C17H14N5O.Ir/c1-10-4-11(2)15(12(3)5-10)22-8-20-21-16(22)13-6-14-17(18-7-13)23-9-19-14;/h4-6,8-9H,1-3H3;/q-1;. The summed E-state index contributed by atoms with van der Waals surface area (Å²) in [5, 5.41) is 8.31. The molecule has 0 unspecified atom stereocenters. The number of pyridine rings is 1. The van der Waals surface area contributed by atoms with Gasteiger partial charge in [-0.1, -0.05) is 23.3 Å². The molecule has 1 radical (unpaired) electrons. The normalized spacial score (nSPS) is 10.8. The van der Waals surface area contributed by atoms with Crippen LogP contribution < -0.4 is 0 Å². The fourth-order valence-electron chi connectivity index (χ4n) is 2.96. The first-order valence-corrected chi connectivity index (χ1v) is 7.24. The van der Waals surface area contributed by atoms with Crippen LogP contribution in [0.25, 0.3) is 28.3 Å². The van der Waals surface area contributed by atoms with E-state index in [4.69, 9.17) is 4.42 Å². The average molecular weight is 497 g/mol. The molecule has 7 heteroatoms. The Kier molecular flexibility index (Phi) is 4.30. The van der Waals surface area contributed by atoms with Crippen LogP contribution in [0.5, 0.6) is 0 Å². The fourth-order valence-corrected chi connectivity index (χ4v) is 2.96. The van der Waals surface area contributed by atoms with Crippen molar-refractivity contribution in [3.8, 4) is 17.1 Å². The van der Waals surface area contributed by atoms with Crippen LogP contribution in [0.2, 0.25) is 0 Å². The summed E-state index contributed by atoms with van der Waals surface area (Å²) in [6.07, 6.45) is 6.03. The molecule has 123 valence electrons. The van der Waals surface area contributed by atoms with Gasteiger partial charge < -0.3 is 14.0 Å². The summed E-state index contributed by atoms with van der Waals surface area (Å²) in [5.74, 6) is 0.678. The van der Waals surface area contributed by atoms with E-state index in [9.17, 15) is 0 Å². The Morgan fingerprint density at radius 1 is 1.08 bits per heavy atom. The van der Waals surface area contributed by atoms with Crippen LogP contribution in [-0.2, 0) is 20.1 Å². The largest absolute Gasteiger partial charge is 0.472 e. The predicted molar refractivity (Wildman–Crippen MR) is 85.2 cm³/mol. The molecule has 3 heterocycles. The first kappa shape index (κ1) is 16.5. The maximum atomic E-state index is 5.16. The number of hydrogen-bond acceptors (Lipinski definition) is 5. The topological polar surface area (TPSA) is 69.6 Å². The van der Waals surface area contributed by atoms with Gasteiger partial charge in [0.05, 0.1) is 5.82 Å². The summed E-state index contributed by atoms with van der Waals surface area (Å²) in [7, 11) is 0. The van der Waals surface area contributed by atoms with Gasteiger partial charge in [0.15, 0.2) is 12.1 Å². The van der Waals surface area contributed by atoms with Crippen LogP contribution >= 0.6 is 0 Å². The van der Waals surface area contributed by atoms with Crippen molar-refractivity contribution in [2.75, 3.05) is 0 Å². The van der Waals surface area contributed by atoms with Gasteiger partial charge in [-0.15, -0.1) is 11.2 Å². The molecule has 0 spiro atoms. The van der Waals surface area contributed by atoms with Gasteiger partial charge in [0, 0.05) is 31.3 Å². The molecule has 0 bridgehead atoms. The second-order valence-corrected chi connectivity index (χ2v) is 5.60. The number of nitrogens with zero attached hydrogens (tertiary/aromatic N) is 5. The molecule has 4 rings (SSSR count). The molecule has 0 fully saturated rings. The monoisotopic (exact) mass is 497 g/mol. The molecule has 6 nitrogen and oxygen atoms in total. The van der Waals surface area contributed by atoms with Gasteiger partial charge >= 0.3 is 0 Å². The van der Waals surface area contributed by atoms with Gasteiger partial charge in [-0.25, -0.2) is 4.98 Å². The molecule has 1 aromatic carbocycles. The number of oxazole rings is 1. The van der Waals surface area contributed by atoms with Gasteiger partial charge in [0.25, 0.3) is 0 Å². The zero-order valence-electron chi connectivity index (χ0n) is 13.4. The van der Waals surface area contributed by atoms with E-state index in [0.29, 0.717) is 17.1 Å². The Labute approximate surface area is 152 Å². The van der Waals surface area contributed by atoms with Crippen molar-refractivity contribution < 1.29 is 24.5 Å². The Morgan fingerprint density at radius 3 is 2.58 bits per heavy atom. The van der Waals surface area contributed by atoms with Gasteiger partial charge in [-0.05, 0) is 38.1 Å². The summed E-state index contributed by atoms with van der Waals surface area (Å²) in [5.41, 5.74) is 6.49. The molecule has 0 aliphatic rings. The van der Waals surface area contributed by atoms with E-state index in [0.717, 1.165) is 11.3 Å². The van der Waals surface area contributed by atoms with E-state index in [1.165, 1.54) is 23.1 Å². The van der Waals surface area contributed by atoms with Crippen LogP contribution in [0.4, 0.5) is 0 Å². The first-order valence-electron chi connectivity index (χ1n) is 7.24. The molecular weight excluding hydrogens is 482 g/mol. The Hall–Kier alpha value is -2.37. The van der Waals surface area contributed by atoms with Crippen LogP contribution in [0, 0.1) is 27.0 Å². The summed E-state index contributed by atoms with van der Waals surface area (Å²) in [6.45, 7) is 6.26. The first-order chi connectivity index (χ1) is 11.1. The average Bonchev–Trinajstić information content (AvgIpc) is 3.13. The minimum Gasteiger partial charge on any atom is -0.472 e. The second kappa shape index (κ2) is 6.26. The smallest absolute Gasteiger partial charge is 0.170 e. The Morgan fingerprint density at radius 2 is 1.83 bits per heavy atom.